The molecule has 220 valence electrons. The van der Waals surface area contributed by atoms with Gasteiger partial charge in [-0.2, -0.15) is 0 Å². The van der Waals surface area contributed by atoms with Gasteiger partial charge in [-0.3, -0.25) is 13.9 Å². The Labute approximate surface area is 247 Å². The van der Waals surface area contributed by atoms with E-state index in [0.29, 0.717) is 17.9 Å². The van der Waals surface area contributed by atoms with Crippen LogP contribution in [0.5, 0.6) is 11.5 Å². The molecule has 3 aromatic rings. The summed E-state index contributed by atoms with van der Waals surface area (Å²) in [4.78, 5) is 28.7. The van der Waals surface area contributed by atoms with Gasteiger partial charge in [0.05, 0.1) is 29.8 Å². The molecule has 1 atom stereocenters. The molecule has 41 heavy (non-hydrogen) atoms. The van der Waals surface area contributed by atoms with Crippen molar-refractivity contribution >= 4 is 39.1 Å². The monoisotopic (exact) mass is 601 g/mol. The van der Waals surface area contributed by atoms with Gasteiger partial charge in [-0.25, -0.2) is 8.42 Å². The maximum absolute atomic E-state index is 14.1. The van der Waals surface area contributed by atoms with Crippen LogP contribution >= 0.6 is 11.6 Å². The van der Waals surface area contributed by atoms with Crippen LogP contribution in [0, 0.1) is 0 Å². The summed E-state index contributed by atoms with van der Waals surface area (Å²) in [7, 11) is -1.19. The zero-order chi connectivity index (χ0) is 30.2. The van der Waals surface area contributed by atoms with Gasteiger partial charge in [0, 0.05) is 12.6 Å². The predicted octanol–water partition coefficient (Wildman–Crippen LogP) is 4.88. The van der Waals surface area contributed by atoms with E-state index in [4.69, 9.17) is 21.1 Å². The summed E-state index contributed by atoms with van der Waals surface area (Å²) in [5.41, 5.74) is 0.928. The Morgan fingerprint density at radius 2 is 1.61 bits per heavy atom. The molecular formula is C30H36ClN3O6S. The molecule has 0 aliphatic heterocycles. The molecule has 3 aromatic carbocycles. The number of carbonyl (C=O) groups excluding carboxylic acids is 2. The summed E-state index contributed by atoms with van der Waals surface area (Å²) in [6.45, 7) is 4.99. The second-order valence-corrected chi connectivity index (χ2v) is 11.9. The van der Waals surface area contributed by atoms with Crippen molar-refractivity contribution in [1.29, 1.82) is 0 Å². The molecule has 2 amide bonds. The van der Waals surface area contributed by atoms with Crippen LogP contribution in [0.1, 0.15) is 32.8 Å². The molecule has 0 heterocycles. The maximum Gasteiger partial charge on any atom is 0.264 e. The van der Waals surface area contributed by atoms with Gasteiger partial charge in [-0.1, -0.05) is 48.9 Å². The SMILES string of the molecule is CCC(C(=O)NC(C)C)N(Cc1ccc(OC)cc1)C(=O)CN(c1ccc(OC)c(Cl)c1)S(=O)(=O)c1ccccc1. The Bertz CT molecular complexity index is 1430. The number of hydrogen-bond acceptors (Lipinski definition) is 6. The number of hydrogen-bond donors (Lipinski definition) is 1. The third kappa shape index (κ3) is 7.92. The lowest BCUT2D eigenvalue weighted by molar-refractivity contribution is -0.140. The summed E-state index contributed by atoms with van der Waals surface area (Å²) < 4.78 is 39.3. The van der Waals surface area contributed by atoms with Crippen LogP contribution < -0.4 is 19.1 Å². The average molecular weight is 602 g/mol. The van der Waals surface area contributed by atoms with Crippen LogP contribution in [-0.4, -0.2) is 58.0 Å². The fourth-order valence-corrected chi connectivity index (χ4v) is 5.97. The number of anilines is 1. The standard InChI is InChI=1S/C30H36ClN3O6S/c1-6-27(30(36)32-21(2)3)33(19-22-12-15-24(39-4)16-13-22)29(35)20-34(23-14-17-28(40-5)26(31)18-23)41(37,38)25-10-8-7-9-11-25/h7-18,21,27H,6,19-20H2,1-5H3,(H,32,36). The molecule has 0 aliphatic rings. The van der Waals surface area contributed by atoms with Crippen molar-refractivity contribution in [3.8, 4) is 11.5 Å². The fraction of sp³-hybridized carbons (Fsp3) is 0.333. The van der Waals surface area contributed by atoms with Crippen LogP contribution in [0.15, 0.2) is 77.7 Å². The van der Waals surface area contributed by atoms with Crippen molar-refractivity contribution in [2.24, 2.45) is 0 Å². The highest BCUT2D eigenvalue weighted by Gasteiger charge is 2.34. The van der Waals surface area contributed by atoms with Crippen molar-refractivity contribution in [3.05, 3.63) is 83.4 Å². The Hall–Kier alpha value is -3.76. The first-order valence-corrected chi connectivity index (χ1v) is 15.0. The van der Waals surface area contributed by atoms with Gasteiger partial charge in [-0.15, -0.1) is 0 Å². The topological polar surface area (TPSA) is 105 Å². The highest BCUT2D eigenvalue weighted by atomic mass is 35.5. The normalized spacial score (nSPS) is 12.0. The number of benzene rings is 3. The molecule has 0 saturated carbocycles. The number of amides is 2. The molecule has 1 N–H and O–H groups in total. The molecule has 0 saturated heterocycles. The van der Waals surface area contributed by atoms with Crippen LogP contribution in [0.3, 0.4) is 0 Å². The summed E-state index contributed by atoms with van der Waals surface area (Å²) in [5.74, 6) is 0.122. The number of ether oxygens (including phenoxy) is 2. The highest BCUT2D eigenvalue weighted by Crippen LogP contribution is 2.32. The Kier molecular flexibility index (Phi) is 11.0. The summed E-state index contributed by atoms with van der Waals surface area (Å²) in [6, 6.07) is 18.5. The molecule has 0 spiro atoms. The van der Waals surface area contributed by atoms with Crippen LogP contribution in [0.25, 0.3) is 0 Å². The minimum atomic E-state index is -4.20. The van der Waals surface area contributed by atoms with Crippen LogP contribution in [0.4, 0.5) is 5.69 Å². The molecule has 9 nitrogen and oxygen atoms in total. The number of halogens is 1. The number of rotatable bonds is 13. The average Bonchev–Trinajstić information content (AvgIpc) is 2.96. The summed E-state index contributed by atoms with van der Waals surface area (Å²) in [5, 5.41) is 3.06. The van der Waals surface area contributed by atoms with E-state index in [-0.39, 0.29) is 34.1 Å². The Balaban J connectivity index is 2.08. The lowest BCUT2D eigenvalue weighted by Crippen LogP contribution is -2.53. The van der Waals surface area contributed by atoms with Crippen molar-refractivity contribution in [2.45, 2.75) is 50.7 Å². The van der Waals surface area contributed by atoms with E-state index in [1.165, 1.54) is 42.3 Å². The van der Waals surface area contributed by atoms with E-state index >= 15 is 0 Å². The van der Waals surface area contributed by atoms with Gasteiger partial charge in [0.2, 0.25) is 11.8 Å². The first-order valence-electron chi connectivity index (χ1n) is 13.2. The van der Waals surface area contributed by atoms with Crippen molar-refractivity contribution in [3.63, 3.8) is 0 Å². The van der Waals surface area contributed by atoms with E-state index < -0.39 is 28.5 Å². The highest BCUT2D eigenvalue weighted by molar-refractivity contribution is 7.92. The quantitative estimate of drug-likeness (QED) is 0.299. The molecule has 3 rings (SSSR count). The van der Waals surface area contributed by atoms with Gasteiger partial charge >= 0.3 is 0 Å². The minimum absolute atomic E-state index is 0.00559. The third-order valence-corrected chi connectivity index (χ3v) is 8.45. The van der Waals surface area contributed by atoms with E-state index in [2.05, 4.69) is 5.32 Å². The maximum atomic E-state index is 14.1. The molecule has 0 bridgehead atoms. The Morgan fingerprint density at radius 1 is 0.951 bits per heavy atom. The zero-order valence-corrected chi connectivity index (χ0v) is 25.4. The first-order chi connectivity index (χ1) is 19.5. The smallest absolute Gasteiger partial charge is 0.264 e. The van der Waals surface area contributed by atoms with Gasteiger partial charge in [0.25, 0.3) is 10.0 Å². The molecule has 11 heteroatoms. The zero-order valence-electron chi connectivity index (χ0n) is 23.8. The second-order valence-electron chi connectivity index (χ2n) is 9.60. The number of nitrogens with zero attached hydrogens (tertiary/aromatic N) is 2. The van der Waals surface area contributed by atoms with Crippen molar-refractivity contribution in [1.82, 2.24) is 10.2 Å². The summed E-state index contributed by atoms with van der Waals surface area (Å²) >= 11 is 6.36. The second kappa shape index (κ2) is 14.2. The van der Waals surface area contributed by atoms with Crippen molar-refractivity contribution < 1.29 is 27.5 Å². The third-order valence-electron chi connectivity index (χ3n) is 6.36. The van der Waals surface area contributed by atoms with Crippen LogP contribution in [-0.2, 0) is 26.2 Å². The Morgan fingerprint density at radius 3 is 2.15 bits per heavy atom. The first kappa shape index (κ1) is 31.8. The van der Waals surface area contributed by atoms with Gasteiger partial charge < -0.3 is 19.7 Å². The molecule has 0 radical (unpaired) electrons. The number of sulfonamides is 1. The molecular weight excluding hydrogens is 566 g/mol. The molecule has 1 unspecified atom stereocenters. The van der Waals surface area contributed by atoms with Gasteiger partial charge in [0.1, 0.15) is 24.1 Å². The van der Waals surface area contributed by atoms with Crippen molar-refractivity contribution in [2.75, 3.05) is 25.1 Å². The number of methoxy groups -OCH3 is 2. The van der Waals surface area contributed by atoms with Gasteiger partial charge in [0.15, 0.2) is 0 Å². The number of carbonyl (C=O) groups is 2. The lowest BCUT2D eigenvalue weighted by atomic mass is 10.1. The number of nitrogens with one attached hydrogen (secondary N) is 1. The van der Waals surface area contributed by atoms with Crippen LogP contribution in [0.2, 0.25) is 5.02 Å². The lowest BCUT2D eigenvalue weighted by Gasteiger charge is -2.33. The summed E-state index contributed by atoms with van der Waals surface area (Å²) in [6.07, 6.45) is 0.320. The van der Waals surface area contributed by atoms with E-state index in [1.807, 2.05) is 13.8 Å². The van der Waals surface area contributed by atoms with E-state index in [1.54, 1.807) is 56.5 Å². The molecule has 0 fully saturated rings. The fourth-order valence-electron chi connectivity index (χ4n) is 4.29. The van der Waals surface area contributed by atoms with E-state index in [9.17, 15) is 18.0 Å². The largest absolute Gasteiger partial charge is 0.497 e. The molecule has 0 aromatic heterocycles. The minimum Gasteiger partial charge on any atom is -0.497 e. The van der Waals surface area contributed by atoms with E-state index in [0.717, 1.165) is 9.87 Å². The molecule has 0 aliphatic carbocycles. The predicted molar refractivity (Wildman–Crippen MR) is 160 cm³/mol. The van der Waals surface area contributed by atoms with Gasteiger partial charge in [-0.05, 0) is 68.3 Å².